The van der Waals surface area contributed by atoms with Gasteiger partial charge in [-0.05, 0) is 60.5 Å². The molecule has 5 rings (SSSR count). The first-order valence-corrected chi connectivity index (χ1v) is 11.5. The molecule has 0 aliphatic carbocycles. The zero-order valence-corrected chi connectivity index (χ0v) is 19.0. The van der Waals surface area contributed by atoms with Crippen molar-refractivity contribution < 1.29 is 14.6 Å². The Kier molecular flexibility index (Phi) is 6.14. The van der Waals surface area contributed by atoms with E-state index in [-0.39, 0.29) is 17.7 Å². The summed E-state index contributed by atoms with van der Waals surface area (Å²) in [5.74, 6) is 0.540. The van der Waals surface area contributed by atoms with Crippen molar-refractivity contribution in [3.05, 3.63) is 96.2 Å². The summed E-state index contributed by atoms with van der Waals surface area (Å²) in [6.07, 6.45) is 2.20. The third-order valence-corrected chi connectivity index (χ3v) is 6.31. The predicted molar refractivity (Wildman–Crippen MR) is 134 cm³/mol. The smallest absolute Gasteiger partial charge is 0.337 e. The Balaban J connectivity index is 1.28. The van der Waals surface area contributed by atoms with Crippen LogP contribution < -0.4 is 15.0 Å². The number of anilines is 2. The molecule has 2 heterocycles. The van der Waals surface area contributed by atoms with Crippen LogP contribution in [0, 0.1) is 0 Å². The number of hydrogen-bond donors (Lipinski definition) is 2. The molecule has 1 aliphatic heterocycles. The van der Waals surface area contributed by atoms with Crippen molar-refractivity contribution in [3.8, 4) is 5.75 Å². The minimum absolute atomic E-state index is 0.0249. The van der Waals surface area contributed by atoms with Crippen molar-refractivity contribution in [2.75, 3.05) is 18.0 Å². The van der Waals surface area contributed by atoms with Crippen molar-refractivity contribution in [2.45, 2.75) is 25.5 Å². The molecule has 6 heteroatoms. The summed E-state index contributed by atoms with van der Waals surface area (Å²) in [5.41, 5.74) is 2.40. The summed E-state index contributed by atoms with van der Waals surface area (Å²) in [5, 5.41) is 15.4. The number of rotatable bonds is 7. The fourth-order valence-electron chi connectivity index (χ4n) is 4.54. The lowest BCUT2D eigenvalue weighted by molar-refractivity contribution is 0.0696. The lowest BCUT2D eigenvalue weighted by Gasteiger charge is -2.36. The van der Waals surface area contributed by atoms with Crippen molar-refractivity contribution >= 4 is 28.2 Å². The van der Waals surface area contributed by atoms with Crippen LogP contribution in [0.3, 0.4) is 0 Å². The number of fused-ring (bicyclic) bond motifs is 2. The number of aromatic nitrogens is 1. The van der Waals surface area contributed by atoms with Gasteiger partial charge in [-0.2, -0.15) is 0 Å². The molecule has 6 nitrogen and oxygen atoms in total. The van der Waals surface area contributed by atoms with Crippen molar-refractivity contribution in [3.63, 3.8) is 0 Å². The Bertz CT molecular complexity index is 1300. The first kappa shape index (κ1) is 21.9. The van der Waals surface area contributed by atoms with Crippen molar-refractivity contribution in [2.24, 2.45) is 0 Å². The molecule has 0 radical (unpaired) electrons. The summed E-state index contributed by atoms with van der Waals surface area (Å²) in [7, 11) is 0. The maximum atomic E-state index is 11.2. The van der Waals surface area contributed by atoms with Gasteiger partial charge in [0.05, 0.1) is 17.8 Å². The number of aromatic carboxylic acids is 1. The average molecular weight is 454 g/mol. The number of carboxylic acids is 1. The van der Waals surface area contributed by atoms with E-state index in [1.807, 2.05) is 24.3 Å². The molecular formula is C28H27N3O3. The van der Waals surface area contributed by atoms with E-state index >= 15 is 0 Å². The maximum absolute atomic E-state index is 11.2. The molecule has 1 aromatic heterocycles. The molecule has 0 saturated carbocycles. The Morgan fingerprint density at radius 2 is 1.88 bits per heavy atom. The van der Waals surface area contributed by atoms with E-state index in [2.05, 4.69) is 64.6 Å². The number of hydrogen-bond acceptors (Lipinski definition) is 5. The Morgan fingerprint density at radius 1 is 1.09 bits per heavy atom. The lowest BCUT2D eigenvalue weighted by Crippen LogP contribution is -2.39. The van der Waals surface area contributed by atoms with Crippen LogP contribution in [-0.4, -0.2) is 35.3 Å². The molecule has 172 valence electrons. The van der Waals surface area contributed by atoms with E-state index in [0.717, 1.165) is 24.4 Å². The van der Waals surface area contributed by atoms with Crippen LogP contribution >= 0.6 is 0 Å². The van der Waals surface area contributed by atoms with Gasteiger partial charge in [-0.15, -0.1) is 0 Å². The highest BCUT2D eigenvalue weighted by molar-refractivity contribution is 5.87. The molecule has 0 unspecified atom stereocenters. The fourth-order valence-corrected chi connectivity index (χ4v) is 4.54. The second kappa shape index (κ2) is 9.53. The van der Waals surface area contributed by atoms with Crippen molar-refractivity contribution in [1.82, 2.24) is 10.3 Å². The molecule has 4 aromatic rings. The Labute approximate surface area is 198 Å². The summed E-state index contributed by atoms with van der Waals surface area (Å²) in [4.78, 5) is 17.7. The zero-order valence-electron chi connectivity index (χ0n) is 19.0. The average Bonchev–Trinajstić information content (AvgIpc) is 2.88. The van der Waals surface area contributed by atoms with Gasteiger partial charge < -0.3 is 20.1 Å². The van der Waals surface area contributed by atoms with Gasteiger partial charge in [-0.25, -0.2) is 9.78 Å². The van der Waals surface area contributed by atoms with Crippen LogP contribution in [0.1, 0.15) is 35.3 Å². The molecule has 0 spiro atoms. The van der Waals surface area contributed by atoms with Crippen LogP contribution in [0.25, 0.3) is 10.8 Å². The molecule has 0 fully saturated rings. The van der Waals surface area contributed by atoms with Gasteiger partial charge in [0.25, 0.3) is 0 Å². The standard InChI is InChI=1S/C28H27N3O3/c1-19(23-10-6-8-20-7-2-3-9-24(20)23)29-16-15-22-18-31(25-11-4-5-12-26(25)34-22)27-14-13-21(17-30-27)28(32)33/h2-14,17,19,22,29H,15-16,18H2,1H3,(H,32,33)/t19-,22+/m1/s1. The van der Waals surface area contributed by atoms with E-state index in [1.165, 1.54) is 22.5 Å². The topological polar surface area (TPSA) is 74.7 Å². The molecular weight excluding hydrogens is 426 g/mol. The third kappa shape index (κ3) is 4.45. The number of benzene rings is 3. The van der Waals surface area contributed by atoms with Gasteiger partial charge in [-0.3, -0.25) is 0 Å². The highest BCUT2D eigenvalue weighted by Crippen LogP contribution is 2.37. The van der Waals surface area contributed by atoms with E-state index < -0.39 is 5.97 Å². The second-order valence-corrected chi connectivity index (χ2v) is 8.56. The molecule has 0 amide bonds. The third-order valence-electron chi connectivity index (χ3n) is 6.31. The number of pyridine rings is 1. The minimum atomic E-state index is -0.981. The predicted octanol–water partition coefficient (Wildman–Crippen LogP) is 5.57. The van der Waals surface area contributed by atoms with Gasteiger partial charge in [0.2, 0.25) is 0 Å². The van der Waals surface area contributed by atoms with E-state index in [0.29, 0.717) is 12.4 Å². The highest BCUT2D eigenvalue weighted by atomic mass is 16.5. The summed E-state index contributed by atoms with van der Waals surface area (Å²) < 4.78 is 6.30. The summed E-state index contributed by atoms with van der Waals surface area (Å²) in [6.45, 7) is 3.64. The van der Waals surface area contributed by atoms with E-state index in [1.54, 1.807) is 12.1 Å². The summed E-state index contributed by atoms with van der Waals surface area (Å²) >= 11 is 0. The quantitative estimate of drug-likeness (QED) is 0.381. The number of carboxylic acid groups (broad SMARTS) is 1. The first-order chi connectivity index (χ1) is 16.6. The highest BCUT2D eigenvalue weighted by Gasteiger charge is 2.27. The molecule has 1 aliphatic rings. The molecule has 34 heavy (non-hydrogen) atoms. The molecule has 0 bridgehead atoms. The van der Waals surface area contributed by atoms with Crippen LogP contribution in [0.5, 0.6) is 5.75 Å². The van der Waals surface area contributed by atoms with Gasteiger partial charge in [0.1, 0.15) is 17.7 Å². The first-order valence-electron chi connectivity index (χ1n) is 11.5. The number of carbonyl (C=O) groups is 1. The fraction of sp³-hybridized carbons (Fsp3) is 0.214. The monoisotopic (exact) mass is 453 g/mol. The number of nitrogens with zero attached hydrogens (tertiary/aromatic N) is 2. The van der Waals surface area contributed by atoms with Gasteiger partial charge in [0.15, 0.2) is 0 Å². The minimum Gasteiger partial charge on any atom is -0.486 e. The second-order valence-electron chi connectivity index (χ2n) is 8.56. The Morgan fingerprint density at radius 3 is 2.71 bits per heavy atom. The van der Waals surface area contributed by atoms with Gasteiger partial charge in [-0.1, -0.05) is 54.6 Å². The van der Waals surface area contributed by atoms with Crippen LogP contribution in [-0.2, 0) is 0 Å². The van der Waals surface area contributed by atoms with E-state index in [4.69, 9.17) is 4.74 Å². The van der Waals surface area contributed by atoms with Crippen LogP contribution in [0.2, 0.25) is 0 Å². The SMILES string of the molecule is C[C@@H](NCC[C@H]1CN(c2ccc(C(=O)O)cn2)c2ccccc2O1)c1cccc2ccccc12. The lowest BCUT2D eigenvalue weighted by atomic mass is 9.99. The maximum Gasteiger partial charge on any atom is 0.337 e. The molecule has 3 aromatic carbocycles. The number of ether oxygens (including phenoxy) is 1. The molecule has 0 saturated heterocycles. The Hall–Kier alpha value is -3.90. The normalized spacial score (nSPS) is 16.0. The van der Waals surface area contributed by atoms with Crippen LogP contribution in [0.15, 0.2) is 85.1 Å². The largest absolute Gasteiger partial charge is 0.486 e. The van der Waals surface area contributed by atoms with Gasteiger partial charge in [0, 0.05) is 12.2 Å². The number of nitrogens with one attached hydrogen (secondary N) is 1. The van der Waals surface area contributed by atoms with E-state index in [9.17, 15) is 9.90 Å². The molecule has 2 N–H and O–H groups in total. The number of para-hydroxylation sites is 2. The van der Waals surface area contributed by atoms with Crippen LogP contribution in [0.4, 0.5) is 11.5 Å². The summed E-state index contributed by atoms with van der Waals surface area (Å²) in [6, 6.07) is 26.3. The van der Waals surface area contributed by atoms with Gasteiger partial charge >= 0.3 is 5.97 Å². The zero-order chi connectivity index (χ0) is 23.5. The molecule has 2 atom stereocenters. The van der Waals surface area contributed by atoms with Crippen molar-refractivity contribution in [1.29, 1.82) is 0 Å².